The second-order valence-electron chi connectivity index (χ2n) is 8.20. The Balaban J connectivity index is 0.00000306. The minimum absolute atomic E-state index is 0. The number of fused-ring (bicyclic) bond motifs is 1. The van der Waals surface area contributed by atoms with Crippen LogP contribution in [-0.2, 0) is 6.42 Å². The number of aryl methyl sites for hydroxylation is 1. The first-order valence-corrected chi connectivity index (χ1v) is 11.3. The molecular formula is C23H31ClN6O3. The van der Waals surface area contributed by atoms with Crippen molar-refractivity contribution in [3.63, 3.8) is 0 Å². The highest BCUT2D eigenvalue weighted by Gasteiger charge is 2.30. The van der Waals surface area contributed by atoms with Crippen LogP contribution in [0.1, 0.15) is 62.6 Å². The molecule has 0 radical (unpaired) electrons. The molecule has 10 heteroatoms. The number of aromatic nitrogens is 5. The SMILES string of the molecule is CCCCOc1ncc(C(C)=O)cc1-c1nc2c(CC)n(C3CN(CC)C3)nc2c(=O)[nH]1.Cl. The van der Waals surface area contributed by atoms with Crippen molar-refractivity contribution in [3.8, 4) is 17.3 Å². The molecule has 1 fully saturated rings. The fourth-order valence-electron chi connectivity index (χ4n) is 3.99. The van der Waals surface area contributed by atoms with Crippen molar-refractivity contribution >= 4 is 29.2 Å². The molecule has 1 N–H and O–H groups in total. The molecule has 0 spiro atoms. The van der Waals surface area contributed by atoms with Crippen LogP contribution >= 0.6 is 12.4 Å². The monoisotopic (exact) mass is 474 g/mol. The van der Waals surface area contributed by atoms with Crippen LogP contribution in [0.5, 0.6) is 5.88 Å². The minimum Gasteiger partial charge on any atom is -0.477 e. The zero-order valence-corrected chi connectivity index (χ0v) is 20.4. The molecule has 1 aliphatic heterocycles. The third kappa shape index (κ3) is 4.79. The van der Waals surface area contributed by atoms with Gasteiger partial charge in [0.25, 0.3) is 5.56 Å². The van der Waals surface area contributed by atoms with Gasteiger partial charge in [-0.15, -0.1) is 12.4 Å². The molecule has 0 bridgehead atoms. The Morgan fingerprint density at radius 2 is 2.00 bits per heavy atom. The van der Waals surface area contributed by atoms with E-state index in [1.165, 1.54) is 13.1 Å². The Bertz CT molecular complexity index is 1200. The number of hydrogen-bond donors (Lipinski definition) is 1. The van der Waals surface area contributed by atoms with Gasteiger partial charge in [0.15, 0.2) is 11.3 Å². The number of likely N-dealkylation sites (N-methyl/N-ethyl adjacent to an activating group) is 1. The highest BCUT2D eigenvalue weighted by molar-refractivity contribution is 5.95. The number of carbonyl (C=O) groups excluding carboxylic acids is 1. The molecule has 0 aliphatic carbocycles. The number of aromatic amines is 1. The Kier molecular flexibility index (Phi) is 7.86. The third-order valence-corrected chi connectivity index (χ3v) is 5.97. The Labute approximate surface area is 199 Å². The quantitative estimate of drug-likeness (QED) is 0.374. The number of halogens is 1. The number of hydrogen-bond acceptors (Lipinski definition) is 7. The van der Waals surface area contributed by atoms with Crippen molar-refractivity contribution in [2.75, 3.05) is 26.2 Å². The molecule has 1 saturated heterocycles. The molecule has 4 heterocycles. The maximum atomic E-state index is 13.0. The molecule has 0 unspecified atom stereocenters. The molecule has 4 rings (SSSR count). The lowest BCUT2D eigenvalue weighted by Crippen LogP contribution is -2.48. The van der Waals surface area contributed by atoms with Gasteiger partial charge in [0.2, 0.25) is 5.88 Å². The van der Waals surface area contributed by atoms with Crippen LogP contribution in [0.2, 0.25) is 0 Å². The van der Waals surface area contributed by atoms with Crippen molar-refractivity contribution in [1.82, 2.24) is 29.6 Å². The van der Waals surface area contributed by atoms with Crippen molar-refractivity contribution < 1.29 is 9.53 Å². The van der Waals surface area contributed by atoms with Crippen LogP contribution in [0.25, 0.3) is 22.4 Å². The summed E-state index contributed by atoms with van der Waals surface area (Å²) in [6, 6.07) is 1.93. The number of nitrogens with zero attached hydrogens (tertiary/aromatic N) is 5. The lowest BCUT2D eigenvalue weighted by atomic mass is 10.1. The van der Waals surface area contributed by atoms with Crippen LogP contribution in [0.4, 0.5) is 0 Å². The number of H-pyrrole nitrogens is 1. The third-order valence-electron chi connectivity index (χ3n) is 5.97. The second kappa shape index (κ2) is 10.4. The smallest absolute Gasteiger partial charge is 0.279 e. The van der Waals surface area contributed by atoms with Gasteiger partial charge in [0.05, 0.1) is 23.9 Å². The summed E-state index contributed by atoms with van der Waals surface area (Å²) in [6.45, 7) is 11.1. The fraction of sp³-hybridized carbons (Fsp3) is 0.522. The Morgan fingerprint density at radius 3 is 2.64 bits per heavy atom. The van der Waals surface area contributed by atoms with Crippen LogP contribution in [-0.4, -0.2) is 61.7 Å². The summed E-state index contributed by atoms with van der Waals surface area (Å²) in [5, 5.41) is 4.62. The number of nitrogens with one attached hydrogen (secondary N) is 1. The molecule has 1 aliphatic rings. The topological polar surface area (TPSA) is 106 Å². The first-order valence-electron chi connectivity index (χ1n) is 11.3. The van der Waals surface area contributed by atoms with E-state index in [-0.39, 0.29) is 29.8 Å². The van der Waals surface area contributed by atoms with E-state index < -0.39 is 0 Å². The van der Waals surface area contributed by atoms with Crippen LogP contribution in [0, 0.1) is 0 Å². The first-order chi connectivity index (χ1) is 15.5. The van der Waals surface area contributed by atoms with E-state index in [1.807, 2.05) is 11.6 Å². The predicted octanol–water partition coefficient (Wildman–Crippen LogP) is 3.42. The average molecular weight is 475 g/mol. The standard InChI is InChI=1S/C23H30N6O3.ClH/c1-5-8-9-32-23-17(10-15(11-24-23)14(4)30)21-25-19-18(6-2)29(16-12-28(7-3)13-16)27-20(19)22(31)26-21;/h10-11,16H,5-9,12-13H2,1-4H3,(H,25,26,31);1H. The van der Waals surface area contributed by atoms with Gasteiger partial charge in [0.1, 0.15) is 11.3 Å². The van der Waals surface area contributed by atoms with Gasteiger partial charge in [-0.1, -0.05) is 27.2 Å². The van der Waals surface area contributed by atoms with Crippen molar-refractivity contribution in [1.29, 1.82) is 0 Å². The summed E-state index contributed by atoms with van der Waals surface area (Å²) < 4.78 is 7.82. The van der Waals surface area contributed by atoms with Crippen LogP contribution in [0.15, 0.2) is 17.1 Å². The maximum Gasteiger partial charge on any atom is 0.279 e. The highest BCUT2D eigenvalue weighted by Crippen LogP contribution is 2.29. The Hall–Kier alpha value is -2.78. The normalized spacial score (nSPS) is 14.2. The number of rotatable bonds is 9. The molecule has 0 aromatic carbocycles. The molecule has 3 aromatic rings. The summed E-state index contributed by atoms with van der Waals surface area (Å²) >= 11 is 0. The summed E-state index contributed by atoms with van der Waals surface area (Å²) in [4.78, 5) is 39.2. The van der Waals surface area contributed by atoms with Gasteiger partial charge in [-0.05, 0) is 32.4 Å². The molecular weight excluding hydrogens is 444 g/mol. The van der Waals surface area contributed by atoms with Gasteiger partial charge in [-0.2, -0.15) is 5.10 Å². The summed E-state index contributed by atoms with van der Waals surface area (Å²) in [5.74, 6) is 0.575. The molecule has 33 heavy (non-hydrogen) atoms. The summed E-state index contributed by atoms with van der Waals surface area (Å²) in [7, 11) is 0. The van der Waals surface area contributed by atoms with Gasteiger partial charge in [0, 0.05) is 24.8 Å². The molecule has 0 amide bonds. The number of likely N-dealkylation sites (tertiary alicyclic amines) is 1. The lowest BCUT2D eigenvalue weighted by Gasteiger charge is -2.39. The predicted molar refractivity (Wildman–Crippen MR) is 130 cm³/mol. The number of Topliss-reactive ketones (excluding diaryl/α,β-unsaturated/α-hetero) is 1. The van der Waals surface area contributed by atoms with Crippen LogP contribution < -0.4 is 10.3 Å². The van der Waals surface area contributed by atoms with Crippen LogP contribution in [0.3, 0.4) is 0 Å². The van der Waals surface area contributed by atoms with Crippen molar-refractivity contribution in [2.24, 2.45) is 0 Å². The number of pyridine rings is 1. The van der Waals surface area contributed by atoms with Crippen molar-refractivity contribution in [3.05, 3.63) is 33.9 Å². The van der Waals surface area contributed by atoms with E-state index in [2.05, 4.69) is 33.8 Å². The van der Waals surface area contributed by atoms with Gasteiger partial charge >= 0.3 is 0 Å². The fourth-order valence-corrected chi connectivity index (χ4v) is 3.99. The molecule has 0 saturated carbocycles. The van der Waals surface area contributed by atoms with Gasteiger partial charge in [-0.25, -0.2) is 9.97 Å². The van der Waals surface area contributed by atoms with E-state index in [9.17, 15) is 9.59 Å². The van der Waals surface area contributed by atoms with Crippen molar-refractivity contribution in [2.45, 2.75) is 53.0 Å². The highest BCUT2D eigenvalue weighted by atomic mass is 35.5. The average Bonchev–Trinajstić information content (AvgIpc) is 3.12. The molecule has 3 aromatic heterocycles. The second-order valence-corrected chi connectivity index (χ2v) is 8.20. The van der Waals surface area contributed by atoms with E-state index in [1.54, 1.807) is 6.07 Å². The summed E-state index contributed by atoms with van der Waals surface area (Å²) in [6.07, 6.45) is 4.06. The van der Waals surface area contributed by atoms with Gasteiger partial charge in [-0.3, -0.25) is 19.2 Å². The Morgan fingerprint density at radius 1 is 1.24 bits per heavy atom. The number of carbonyl (C=O) groups is 1. The zero-order valence-electron chi connectivity index (χ0n) is 19.6. The van der Waals surface area contributed by atoms with E-state index in [4.69, 9.17) is 9.72 Å². The minimum atomic E-state index is -0.308. The largest absolute Gasteiger partial charge is 0.477 e. The van der Waals surface area contributed by atoms with E-state index in [0.717, 1.165) is 38.2 Å². The molecule has 0 atom stereocenters. The number of ether oxygens (including phenoxy) is 1. The van der Waals surface area contributed by atoms with E-state index in [0.29, 0.717) is 46.9 Å². The number of ketones is 1. The molecule has 9 nitrogen and oxygen atoms in total. The summed E-state index contributed by atoms with van der Waals surface area (Å²) in [5.41, 5.74) is 2.50. The maximum absolute atomic E-state index is 13.0. The first kappa shape index (κ1) is 24.9. The van der Waals surface area contributed by atoms with Gasteiger partial charge < -0.3 is 9.72 Å². The zero-order chi connectivity index (χ0) is 22.8. The van der Waals surface area contributed by atoms with E-state index >= 15 is 0 Å². The molecule has 178 valence electrons. The lowest BCUT2D eigenvalue weighted by molar-refractivity contribution is 0.101. The number of unbranched alkanes of at least 4 members (excludes halogenated alkanes) is 1.